The van der Waals surface area contributed by atoms with Gasteiger partial charge >= 0.3 is 0 Å². The van der Waals surface area contributed by atoms with Crippen LogP contribution in [0.2, 0.25) is 5.02 Å². The van der Waals surface area contributed by atoms with Crippen LogP contribution in [0.25, 0.3) is 0 Å². The number of sulfonamides is 1. The minimum absolute atomic E-state index is 0.0926. The Morgan fingerprint density at radius 3 is 2.48 bits per heavy atom. The van der Waals surface area contributed by atoms with Gasteiger partial charge in [0, 0.05) is 19.1 Å². The van der Waals surface area contributed by atoms with E-state index in [4.69, 9.17) is 21.3 Å². The molecule has 0 fully saturated rings. The van der Waals surface area contributed by atoms with E-state index >= 15 is 0 Å². The van der Waals surface area contributed by atoms with Gasteiger partial charge in [-0.1, -0.05) is 11.6 Å². The van der Waals surface area contributed by atoms with Crippen LogP contribution in [0.3, 0.4) is 0 Å². The highest BCUT2D eigenvalue weighted by Crippen LogP contribution is 2.30. The van der Waals surface area contributed by atoms with Crippen molar-refractivity contribution in [1.82, 2.24) is 4.31 Å². The van der Waals surface area contributed by atoms with Gasteiger partial charge in [-0.2, -0.15) is 5.26 Å². The summed E-state index contributed by atoms with van der Waals surface area (Å²) < 4.78 is 31.4. The maximum Gasteiger partial charge on any atom is 0.260 e. The molecule has 2 rings (SSSR count). The van der Waals surface area contributed by atoms with E-state index in [-0.39, 0.29) is 33.2 Å². The summed E-state index contributed by atoms with van der Waals surface area (Å²) in [4.78, 5) is 12.5. The lowest BCUT2D eigenvalue weighted by molar-refractivity contribution is 0.102. The summed E-state index contributed by atoms with van der Waals surface area (Å²) in [5, 5.41) is 12.1. The Morgan fingerprint density at radius 1 is 1.28 bits per heavy atom. The van der Waals surface area contributed by atoms with Crippen molar-refractivity contribution in [3.63, 3.8) is 0 Å². The number of halogens is 1. The highest BCUT2D eigenvalue weighted by atomic mass is 35.5. The molecule has 0 radical (unpaired) electrons. The first kappa shape index (κ1) is 19.0. The minimum atomic E-state index is -3.88. The van der Waals surface area contributed by atoms with Gasteiger partial charge in [-0.05, 0) is 32.0 Å². The van der Waals surface area contributed by atoms with Crippen LogP contribution in [0.1, 0.15) is 27.4 Å². The third-order valence-corrected chi connectivity index (χ3v) is 5.73. The van der Waals surface area contributed by atoms with Gasteiger partial charge in [-0.3, -0.25) is 4.79 Å². The average molecular weight is 382 g/mol. The maximum atomic E-state index is 12.7. The van der Waals surface area contributed by atoms with Gasteiger partial charge in [0.05, 0.1) is 11.3 Å². The number of rotatable bonds is 4. The number of nitrogens with zero attached hydrogens (tertiary/aromatic N) is 2. The number of aryl methyl sites for hydroxylation is 2. The van der Waals surface area contributed by atoms with Gasteiger partial charge in [-0.15, -0.1) is 0 Å². The molecule has 0 spiro atoms. The monoisotopic (exact) mass is 381 g/mol. The second-order valence-corrected chi connectivity index (χ2v) is 7.99. The van der Waals surface area contributed by atoms with Crippen molar-refractivity contribution in [3.8, 4) is 6.07 Å². The molecule has 1 aromatic carbocycles. The Kier molecular flexibility index (Phi) is 5.23. The van der Waals surface area contributed by atoms with Crippen molar-refractivity contribution >= 4 is 33.2 Å². The molecule has 7 nitrogen and oxygen atoms in total. The molecule has 0 aliphatic rings. The van der Waals surface area contributed by atoms with Crippen molar-refractivity contribution in [2.75, 3.05) is 19.4 Å². The zero-order chi connectivity index (χ0) is 18.9. The first-order chi connectivity index (χ1) is 11.6. The van der Waals surface area contributed by atoms with E-state index in [0.29, 0.717) is 5.02 Å². The van der Waals surface area contributed by atoms with Gasteiger partial charge in [0.25, 0.3) is 5.91 Å². The second kappa shape index (κ2) is 6.88. The molecule has 1 N–H and O–H groups in total. The van der Waals surface area contributed by atoms with Gasteiger partial charge in [0.15, 0.2) is 0 Å². The molecule has 2 aromatic rings. The quantitative estimate of drug-likeness (QED) is 0.876. The molecule has 132 valence electrons. The van der Waals surface area contributed by atoms with Gasteiger partial charge in [0.2, 0.25) is 10.0 Å². The Bertz CT molecular complexity index is 988. The predicted molar refractivity (Wildman–Crippen MR) is 93.2 cm³/mol. The summed E-state index contributed by atoms with van der Waals surface area (Å²) in [5.74, 6) is -0.399. The molecule has 0 aliphatic heterocycles. The number of anilines is 1. The Labute approximate surface area is 150 Å². The third-order valence-electron chi connectivity index (χ3n) is 3.52. The summed E-state index contributed by atoms with van der Waals surface area (Å²) in [6.45, 7) is 2.98. The summed E-state index contributed by atoms with van der Waals surface area (Å²) in [7, 11) is -1.15. The summed E-state index contributed by atoms with van der Waals surface area (Å²) in [6.07, 6.45) is 0. The van der Waals surface area contributed by atoms with E-state index in [0.717, 1.165) is 4.31 Å². The van der Waals surface area contributed by atoms with Crippen LogP contribution >= 0.6 is 11.6 Å². The lowest BCUT2D eigenvalue weighted by atomic mass is 10.1. The van der Waals surface area contributed by atoms with Gasteiger partial charge in [0.1, 0.15) is 28.0 Å². The first-order valence-electron chi connectivity index (χ1n) is 7.13. The number of benzene rings is 1. The third kappa shape index (κ3) is 3.54. The zero-order valence-corrected chi connectivity index (χ0v) is 15.6. The molecule has 25 heavy (non-hydrogen) atoms. The molecular weight excluding hydrogens is 366 g/mol. The van der Waals surface area contributed by atoms with E-state index in [1.54, 1.807) is 0 Å². The van der Waals surface area contributed by atoms with Crippen LogP contribution in [0, 0.1) is 25.2 Å². The number of nitriles is 1. The Morgan fingerprint density at radius 2 is 1.92 bits per heavy atom. The van der Waals surface area contributed by atoms with Crippen LogP contribution in [-0.2, 0) is 10.0 Å². The fourth-order valence-electron chi connectivity index (χ4n) is 2.32. The number of furan rings is 1. The van der Waals surface area contributed by atoms with Crippen LogP contribution in [0.4, 0.5) is 5.69 Å². The van der Waals surface area contributed by atoms with Crippen molar-refractivity contribution in [3.05, 3.63) is 45.9 Å². The average Bonchev–Trinajstić information content (AvgIpc) is 2.83. The first-order valence-corrected chi connectivity index (χ1v) is 8.95. The second-order valence-electron chi connectivity index (χ2n) is 5.46. The number of amides is 1. The number of hydrogen-bond donors (Lipinski definition) is 1. The number of hydrogen-bond acceptors (Lipinski definition) is 5. The highest BCUT2D eigenvalue weighted by Gasteiger charge is 2.32. The number of nitrogens with one attached hydrogen (secondary N) is 1. The molecule has 0 aliphatic carbocycles. The molecular formula is C16H16ClN3O4S. The molecule has 0 unspecified atom stereocenters. The maximum absolute atomic E-state index is 12.7. The predicted octanol–water partition coefficient (Wildman–Crippen LogP) is 2.92. The van der Waals surface area contributed by atoms with Crippen molar-refractivity contribution in [1.29, 1.82) is 5.26 Å². The zero-order valence-electron chi connectivity index (χ0n) is 14.0. The Hall–Kier alpha value is -2.34. The fourth-order valence-corrected chi connectivity index (χ4v) is 3.76. The van der Waals surface area contributed by atoms with Gasteiger partial charge < -0.3 is 9.73 Å². The lowest BCUT2D eigenvalue weighted by Crippen LogP contribution is -2.25. The van der Waals surface area contributed by atoms with Crippen molar-refractivity contribution < 1.29 is 17.6 Å². The summed E-state index contributed by atoms with van der Waals surface area (Å²) >= 11 is 5.83. The molecule has 0 saturated heterocycles. The summed E-state index contributed by atoms with van der Waals surface area (Å²) in [5.41, 5.74) is 0.295. The largest absolute Gasteiger partial charge is 0.464 e. The van der Waals surface area contributed by atoms with E-state index in [1.165, 1.54) is 46.1 Å². The van der Waals surface area contributed by atoms with E-state index in [2.05, 4.69) is 5.32 Å². The number of carbonyl (C=O) groups excluding carboxylic acids is 1. The molecule has 0 atom stereocenters. The molecule has 1 heterocycles. The molecule has 0 bridgehead atoms. The smallest absolute Gasteiger partial charge is 0.260 e. The normalized spacial score (nSPS) is 11.4. The van der Waals surface area contributed by atoms with E-state index in [1.807, 2.05) is 6.07 Å². The van der Waals surface area contributed by atoms with E-state index < -0.39 is 15.9 Å². The molecule has 1 amide bonds. The van der Waals surface area contributed by atoms with Crippen LogP contribution in [0.15, 0.2) is 27.5 Å². The SMILES string of the molecule is Cc1oc(C)c(S(=O)(=O)N(C)C)c1C(=O)Nc1ccc(Cl)cc1C#N. The Balaban J connectivity index is 2.54. The van der Waals surface area contributed by atoms with Crippen LogP contribution < -0.4 is 5.32 Å². The topological polar surface area (TPSA) is 103 Å². The molecule has 1 aromatic heterocycles. The standard InChI is InChI=1S/C16H16ClN3O4S/c1-9-14(15(10(2)24-9)25(22,23)20(3)4)16(21)19-13-6-5-12(17)7-11(13)8-18/h5-7H,1-4H3,(H,19,21). The minimum Gasteiger partial charge on any atom is -0.464 e. The summed E-state index contributed by atoms with van der Waals surface area (Å²) in [6, 6.07) is 6.32. The number of carbonyl (C=O) groups is 1. The highest BCUT2D eigenvalue weighted by molar-refractivity contribution is 7.89. The van der Waals surface area contributed by atoms with Crippen LogP contribution in [-0.4, -0.2) is 32.7 Å². The lowest BCUT2D eigenvalue weighted by Gasteiger charge is -2.13. The van der Waals surface area contributed by atoms with Gasteiger partial charge in [-0.25, -0.2) is 12.7 Å². The molecule has 0 saturated carbocycles. The van der Waals surface area contributed by atoms with Crippen LogP contribution in [0.5, 0.6) is 0 Å². The van der Waals surface area contributed by atoms with Crippen molar-refractivity contribution in [2.24, 2.45) is 0 Å². The van der Waals surface area contributed by atoms with E-state index in [9.17, 15) is 13.2 Å². The van der Waals surface area contributed by atoms with Crippen molar-refractivity contribution in [2.45, 2.75) is 18.7 Å². The fraction of sp³-hybridized carbons (Fsp3) is 0.250. The molecule has 9 heteroatoms.